The Morgan fingerprint density at radius 1 is 0.667 bits per heavy atom. The summed E-state index contributed by atoms with van der Waals surface area (Å²) in [6.45, 7) is 1.43. The number of carbonyl (C=O) groups excluding carboxylic acids is 2. The molecular formula is C28H30Cl2N4O5. The van der Waals surface area contributed by atoms with Gasteiger partial charge < -0.3 is 36.7 Å². The molecule has 0 aliphatic carbocycles. The molecular weight excluding hydrogens is 543 g/mol. The van der Waals surface area contributed by atoms with Crippen molar-refractivity contribution in [3.05, 3.63) is 94.4 Å². The van der Waals surface area contributed by atoms with E-state index in [9.17, 15) is 19.8 Å². The Morgan fingerprint density at radius 2 is 1.00 bits per heavy atom. The van der Waals surface area contributed by atoms with Gasteiger partial charge in [-0.15, -0.1) is 24.8 Å². The first-order chi connectivity index (χ1) is 17.9. The molecule has 2 atom stereocenters. The van der Waals surface area contributed by atoms with Gasteiger partial charge in [-0.05, 0) is 46.2 Å². The Morgan fingerprint density at radius 3 is 1.33 bits per heavy atom. The second-order valence-corrected chi connectivity index (χ2v) is 7.99. The Labute approximate surface area is 239 Å². The van der Waals surface area contributed by atoms with E-state index >= 15 is 0 Å². The van der Waals surface area contributed by atoms with Gasteiger partial charge in [0, 0.05) is 26.2 Å². The van der Waals surface area contributed by atoms with Crippen LogP contribution in [0.25, 0.3) is 0 Å². The molecule has 1 aromatic heterocycles. The fourth-order valence-electron chi connectivity index (χ4n) is 3.11. The first kappa shape index (κ1) is 33.2. The number of aliphatic hydroxyl groups is 2. The first-order valence-electron chi connectivity index (χ1n) is 11.5. The van der Waals surface area contributed by atoms with Crippen molar-refractivity contribution in [2.45, 2.75) is 38.4 Å². The summed E-state index contributed by atoms with van der Waals surface area (Å²) in [5, 5.41) is 25.6. The first-order valence-corrected chi connectivity index (χ1v) is 11.5. The molecule has 0 aliphatic rings. The van der Waals surface area contributed by atoms with Crippen molar-refractivity contribution in [2.75, 3.05) is 0 Å². The van der Waals surface area contributed by atoms with Crippen LogP contribution in [0.2, 0.25) is 0 Å². The monoisotopic (exact) mass is 572 g/mol. The predicted octanol–water partition coefficient (Wildman–Crippen LogP) is 1.75. The molecule has 9 nitrogen and oxygen atoms in total. The summed E-state index contributed by atoms with van der Waals surface area (Å²) >= 11 is 0. The number of rotatable bonds is 8. The van der Waals surface area contributed by atoms with Crippen molar-refractivity contribution in [3.63, 3.8) is 0 Å². The van der Waals surface area contributed by atoms with Gasteiger partial charge in [0.15, 0.2) is 12.2 Å². The molecule has 11 heteroatoms. The van der Waals surface area contributed by atoms with Gasteiger partial charge in [0.05, 0.1) is 0 Å². The Hall–Kier alpha value is -3.80. The summed E-state index contributed by atoms with van der Waals surface area (Å²) in [4.78, 5) is 23.9. The van der Waals surface area contributed by atoms with Crippen LogP contribution in [0.4, 0.5) is 0 Å². The summed E-state index contributed by atoms with van der Waals surface area (Å²) in [5.74, 6) is 8.31. The fraction of sp³-hybridized carbons (Fsp3) is 0.214. The van der Waals surface area contributed by atoms with Gasteiger partial charge in [0.1, 0.15) is 11.5 Å². The van der Waals surface area contributed by atoms with E-state index in [1.807, 2.05) is 48.5 Å². The molecule has 0 radical (unpaired) electrons. The van der Waals surface area contributed by atoms with Crippen molar-refractivity contribution < 1.29 is 24.2 Å². The molecule has 0 aliphatic heterocycles. The number of hydrogen-bond acceptors (Lipinski definition) is 7. The summed E-state index contributed by atoms with van der Waals surface area (Å²) in [6.07, 6.45) is -2.78. The minimum Gasteiger partial charge on any atom is -0.458 e. The highest BCUT2D eigenvalue weighted by molar-refractivity contribution is 5.94. The van der Waals surface area contributed by atoms with Gasteiger partial charge in [-0.2, -0.15) is 0 Å². The van der Waals surface area contributed by atoms with Gasteiger partial charge in [-0.1, -0.05) is 60.4 Å². The maximum atomic E-state index is 12.0. The van der Waals surface area contributed by atoms with Gasteiger partial charge in [0.2, 0.25) is 0 Å². The number of amides is 2. The number of hydrogen-bond donors (Lipinski definition) is 6. The third-order valence-corrected chi connectivity index (χ3v) is 5.25. The van der Waals surface area contributed by atoms with Crippen LogP contribution < -0.4 is 22.1 Å². The van der Waals surface area contributed by atoms with E-state index in [0.29, 0.717) is 13.1 Å². The van der Waals surface area contributed by atoms with Crippen molar-refractivity contribution in [1.29, 1.82) is 0 Å². The van der Waals surface area contributed by atoms with E-state index in [2.05, 4.69) is 34.3 Å². The van der Waals surface area contributed by atoms with Crippen molar-refractivity contribution in [3.8, 4) is 23.7 Å². The number of aliphatic hydroxyl groups excluding tert-OH is 2. The molecule has 2 unspecified atom stereocenters. The van der Waals surface area contributed by atoms with Crippen LogP contribution in [0.1, 0.15) is 46.0 Å². The highest BCUT2D eigenvalue weighted by Gasteiger charge is 2.14. The molecule has 0 bridgehead atoms. The number of benzene rings is 2. The van der Waals surface area contributed by atoms with Crippen LogP contribution >= 0.6 is 24.8 Å². The van der Waals surface area contributed by atoms with Crippen molar-refractivity contribution >= 4 is 36.6 Å². The average molecular weight is 573 g/mol. The summed E-state index contributed by atoms with van der Waals surface area (Å²) < 4.78 is 5.39. The number of carbonyl (C=O) groups is 2. The summed E-state index contributed by atoms with van der Waals surface area (Å²) in [7, 11) is 0. The minimum absolute atomic E-state index is 0. The van der Waals surface area contributed by atoms with E-state index in [1.54, 1.807) is 0 Å². The third-order valence-electron chi connectivity index (χ3n) is 5.25. The van der Waals surface area contributed by atoms with Crippen LogP contribution in [-0.4, -0.2) is 22.0 Å². The lowest BCUT2D eigenvalue weighted by Crippen LogP contribution is -2.21. The Balaban J connectivity index is 0.00000380. The van der Waals surface area contributed by atoms with Crippen LogP contribution in [0.5, 0.6) is 0 Å². The number of nitrogens with two attached hydrogens (primary N) is 2. The van der Waals surface area contributed by atoms with E-state index in [1.165, 1.54) is 12.1 Å². The topological polar surface area (TPSA) is 164 Å². The summed E-state index contributed by atoms with van der Waals surface area (Å²) in [6, 6.07) is 17.7. The molecule has 0 fully saturated rings. The fourth-order valence-corrected chi connectivity index (χ4v) is 3.11. The quantitative estimate of drug-likeness (QED) is 0.224. The third kappa shape index (κ3) is 10.8. The largest absolute Gasteiger partial charge is 0.458 e. The maximum Gasteiger partial charge on any atom is 0.296 e. The number of nitrogens with one attached hydrogen (secondary N) is 2. The molecule has 8 N–H and O–H groups in total. The standard InChI is InChI=1S/C28H28N4O5.2ClH/c29-15-19-1-5-21(6-2-19)17-31-27(35)13-9-23(33)25-11-12-26(37-25)24(34)10-14-28(36)32-18-22-7-3-20(16-30)4-8-22;;/h1-8,11-12,23-24,33-34H,15-18,29-30H2,(H,31,35)(H,32,36);2*1H. The molecule has 2 aromatic carbocycles. The molecule has 0 spiro atoms. The Kier molecular flexibility index (Phi) is 14.4. The molecule has 0 saturated carbocycles. The lowest BCUT2D eigenvalue weighted by Gasteiger charge is -2.03. The summed E-state index contributed by atoms with van der Waals surface area (Å²) in [5.41, 5.74) is 14.9. The SMILES string of the molecule is Cl.Cl.NCc1ccc(CNC(=O)C#CC(O)c2ccc(C(O)C#CC(=O)NCc3ccc(CN)cc3)o2)cc1. The van der Waals surface area contributed by atoms with Gasteiger partial charge in [-0.3, -0.25) is 9.59 Å². The predicted molar refractivity (Wildman–Crippen MR) is 151 cm³/mol. The molecule has 3 rings (SSSR count). The number of furan rings is 1. The van der Waals surface area contributed by atoms with Crippen LogP contribution in [0.15, 0.2) is 65.1 Å². The van der Waals surface area contributed by atoms with E-state index in [4.69, 9.17) is 15.9 Å². The lowest BCUT2D eigenvalue weighted by atomic mass is 10.1. The zero-order valence-electron chi connectivity index (χ0n) is 20.8. The van der Waals surface area contributed by atoms with Gasteiger partial charge in [0.25, 0.3) is 11.8 Å². The minimum atomic E-state index is -1.39. The normalized spacial score (nSPS) is 11.2. The van der Waals surface area contributed by atoms with Crippen LogP contribution in [0.3, 0.4) is 0 Å². The molecule has 39 heavy (non-hydrogen) atoms. The second-order valence-electron chi connectivity index (χ2n) is 7.99. The highest BCUT2D eigenvalue weighted by Crippen LogP contribution is 2.20. The van der Waals surface area contributed by atoms with Crippen molar-refractivity contribution in [2.24, 2.45) is 11.5 Å². The molecule has 0 saturated heterocycles. The Bertz CT molecular complexity index is 1230. The van der Waals surface area contributed by atoms with Crippen LogP contribution in [-0.2, 0) is 35.8 Å². The van der Waals surface area contributed by atoms with Gasteiger partial charge in [-0.25, -0.2) is 0 Å². The van der Waals surface area contributed by atoms with E-state index in [-0.39, 0.29) is 49.4 Å². The molecule has 3 aromatic rings. The second kappa shape index (κ2) is 16.9. The van der Waals surface area contributed by atoms with Crippen LogP contribution in [0, 0.1) is 23.7 Å². The molecule has 1 heterocycles. The highest BCUT2D eigenvalue weighted by atomic mass is 35.5. The van der Waals surface area contributed by atoms with E-state index in [0.717, 1.165) is 22.3 Å². The molecule has 2 amide bonds. The smallest absolute Gasteiger partial charge is 0.296 e. The maximum absolute atomic E-state index is 12.0. The zero-order valence-corrected chi connectivity index (χ0v) is 22.5. The number of halogens is 2. The van der Waals surface area contributed by atoms with Gasteiger partial charge >= 0.3 is 0 Å². The van der Waals surface area contributed by atoms with E-state index < -0.39 is 24.0 Å². The average Bonchev–Trinajstić information content (AvgIpc) is 3.43. The zero-order chi connectivity index (χ0) is 26.6. The van der Waals surface area contributed by atoms with Crippen molar-refractivity contribution in [1.82, 2.24) is 10.6 Å². The molecule has 206 valence electrons. The lowest BCUT2D eigenvalue weighted by molar-refractivity contribution is -0.116.